The Hall–Kier alpha value is -1.77. The number of quaternary nitrogens is 1. The minimum absolute atomic E-state index is 0.319. The lowest BCUT2D eigenvalue weighted by atomic mass is 10.2. The van der Waals surface area contributed by atoms with Gasteiger partial charge in [0, 0.05) is 24.3 Å². The zero-order valence-electron chi connectivity index (χ0n) is 10.0. The number of para-hydroxylation sites is 2. The van der Waals surface area contributed by atoms with Crippen molar-refractivity contribution in [1.82, 2.24) is 4.00 Å². The zero-order chi connectivity index (χ0) is 13.9. The van der Waals surface area contributed by atoms with E-state index in [1.807, 2.05) is 0 Å². The van der Waals surface area contributed by atoms with E-state index in [0.29, 0.717) is 11.4 Å². The van der Waals surface area contributed by atoms with Gasteiger partial charge in [0.05, 0.1) is 0 Å². The average Bonchev–Trinajstić information content (AvgIpc) is 2.48. The standard InChI is InChI=1S/C12H14N3O3S/c13-15(19(16,17)18-14,11-7-3-1-4-8-11)12-9-5-2-6-10-12/h1-10H,13-14H2/q+1. The van der Waals surface area contributed by atoms with Crippen LogP contribution in [-0.2, 0) is 14.6 Å². The molecule has 4 N–H and O–H groups in total. The Morgan fingerprint density at radius 1 is 0.842 bits per heavy atom. The predicted molar refractivity (Wildman–Crippen MR) is 72.7 cm³/mol. The fourth-order valence-corrected chi connectivity index (χ4v) is 2.67. The zero-order valence-corrected chi connectivity index (χ0v) is 10.8. The van der Waals surface area contributed by atoms with E-state index in [9.17, 15) is 8.42 Å². The number of nitrogens with two attached hydrogens (primary N) is 2. The summed E-state index contributed by atoms with van der Waals surface area (Å²) in [5.74, 6) is 11.0. The van der Waals surface area contributed by atoms with Crippen LogP contribution in [0.2, 0.25) is 0 Å². The Balaban J connectivity index is 2.72. The third kappa shape index (κ3) is 2.25. The van der Waals surface area contributed by atoms with Gasteiger partial charge in [-0.3, -0.25) is 0 Å². The third-order valence-corrected chi connectivity index (χ3v) is 4.12. The molecule has 2 rings (SSSR count). The van der Waals surface area contributed by atoms with E-state index in [0.717, 1.165) is 0 Å². The first kappa shape index (κ1) is 13.7. The Morgan fingerprint density at radius 3 is 1.53 bits per heavy atom. The SMILES string of the molecule is NOS(=O)(=O)[N+](N)(c1ccccc1)c1ccccc1. The van der Waals surface area contributed by atoms with Crippen molar-refractivity contribution < 1.29 is 12.7 Å². The van der Waals surface area contributed by atoms with Gasteiger partial charge in [0.25, 0.3) is 0 Å². The Bertz CT molecular complexity index is 605. The maximum absolute atomic E-state index is 12.1. The summed E-state index contributed by atoms with van der Waals surface area (Å²) >= 11 is 0. The van der Waals surface area contributed by atoms with Gasteiger partial charge in [-0.1, -0.05) is 40.4 Å². The number of hydrogen-bond acceptors (Lipinski definition) is 5. The minimum Gasteiger partial charge on any atom is -0.193 e. The van der Waals surface area contributed by atoms with E-state index in [-0.39, 0.29) is 0 Å². The molecule has 0 heterocycles. The summed E-state index contributed by atoms with van der Waals surface area (Å²) < 4.78 is 27.3. The van der Waals surface area contributed by atoms with E-state index in [4.69, 9.17) is 11.7 Å². The van der Waals surface area contributed by atoms with Gasteiger partial charge in [-0.25, -0.2) is 0 Å². The van der Waals surface area contributed by atoms with Gasteiger partial charge in [-0.2, -0.15) is 11.7 Å². The van der Waals surface area contributed by atoms with Crippen molar-refractivity contribution in [3.05, 3.63) is 60.7 Å². The fourth-order valence-electron chi connectivity index (χ4n) is 1.77. The van der Waals surface area contributed by atoms with E-state index in [1.165, 1.54) is 0 Å². The molecule has 0 fully saturated rings. The van der Waals surface area contributed by atoms with Gasteiger partial charge in [0.2, 0.25) is 0 Å². The number of hydrogen-bond donors (Lipinski definition) is 2. The van der Waals surface area contributed by atoms with Crippen LogP contribution in [0.4, 0.5) is 11.4 Å². The van der Waals surface area contributed by atoms with Crippen LogP contribution in [0.3, 0.4) is 0 Å². The molecule has 6 nitrogen and oxygen atoms in total. The molecule has 100 valence electrons. The predicted octanol–water partition coefficient (Wildman–Crippen LogP) is 1.33. The lowest BCUT2D eigenvalue weighted by molar-refractivity contribution is 0.299. The average molecular weight is 280 g/mol. The normalized spacial score (nSPS) is 12.3. The van der Waals surface area contributed by atoms with Crippen LogP contribution < -0.4 is 15.7 Å². The molecule has 2 aromatic rings. The molecule has 0 atom stereocenters. The third-order valence-electron chi connectivity index (χ3n) is 2.75. The van der Waals surface area contributed by atoms with Gasteiger partial charge >= 0.3 is 10.3 Å². The highest BCUT2D eigenvalue weighted by Crippen LogP contribution is 2.33. The lowest BCUT2D eigenvalue weighted by Gasteiger charge is -2.27. The highest BCUT2D eigenvalue weighted by atomic mass is 32.2. The van der Waals surface area contributed by atoms with Gasteiger partial charge in [-0.15, -0.1) is 12.7 Å². The van der Waals surface area contributed by atoms with Crippen molar-refractivity contribution in [1.29, 1.82) is 0 Å². The molecular formula is C12H14N3O3S+. The van der Waals surface area contributed by atoms with E-state index in [1.54, 1.807) is 60.7 Å². The summed E-state index contributed by atoms with van der Waals surface area (Å²) in [4.78, 5) is 0. The Labute approximate surface area is 111 Å². The van der Waals surface area contributed by atoms with Crippen molar-refractivity contribution in [2.45, 2.75) is 0 Å². The van der Waals surface area contributed by atoms with Crippen LogP contribution in [0.25, 0.3) is 0 Å². The van der Waals surface area contributed by atoms with Gasteiger partial charge in [0.15, 0.2) is 11.4 Å². The topological polar surface area (TPSA) is 95.4 Å². The van der Waals surface area contributed by atoms with Crippen LogP contribution in [0.5, 0.6) is 0 Å². The van der Waals surface area contributed by atoms with Crippen LogP contribution in [0.1, 0.15) is 0 Å². The molecule has 0 aliphatic rings. The highest BCUT2D eigenvalue weighted by molar-refractivity contribution is 7.86. The highest BCUT2D eigenvalue weighted by Gasteiger charge is 2.45. The molecule has 0 bridgehead atoms. The fraction of sp³-hybridized carbons (Fsp3) is 0. The maximum Gasteiger partial charge on any atom is 0.480 e. The van der Waals surface area contributed by atoms with Crippen LogP contribution in [0.15, 0.2) is 60.7 Å². The van der Waals surface area contributed by atoms with Crippen LogP contribution >= 0.6 is 0 Å². The smallest absolute Gasteiger partial charge is 0.193 e. The molecule has 0 amide bonds. The van der Waals surface area contributed by atoms with Crippen molar-refractivity contribution in [2.24, 2.45) is 11.7 Å². The lowest BCUT2D eigenvalue weighted by Crippen LogP contribution is -2.57. The number of rotatable bonds is 4. The van der Waals surface area contributed by atoms with E-state index >= 15 is 0 Å². The molecule has 0 radical (unpaired) electrons. The summed E-state index contributed by atoms with van der Waals surface area (Å²) in [7, 11) is -4.27. The van der Waals surface area contributed by atoms with E-state index < -0.39 is 14.3 Å². The Morgan fingerprint density at radius 2 is 1.21 bits per heavy atom. The second-order valence-electron chi connectivity index (χ2n) is 3.85. The summed E-state index contributed by atoms with van der Waals surface area (Å²) in [5.41, 5.74) is 0.637. The molecule has 2 aromatic carbocycles. The molecule has 0 saturated carbocycles. The number of nitrogens with zero attached hydrogens (tertiary/aromatic N) is 1. The monoisotopic (exact) mass is 280 g/mol. The molecule has 0 saturated heterocycles. The molecule has 0 aliphatic carbocycles. The minimum atomic E-state index is -4.27. The first-order valence-corrected chi connectivity index (χ1v) is 6.81. The summed E-state index contributed by atoms with van der Waals surface area (Å²) in [6.07, 6.45) is 0. The molecular weight excluding hydrogens is 266 g/mol. The van der Waals surface area contributed by atoms with Crippen LogP contribution in [0, 0.1) is 0 Å². The van der Waals surface area contributed by atoms with Gasteiger partial charge < -0.3 is 0 Å². The summed E-state index contributed by atoms with van der Waals surface area (Å²) in [6.45, 7) is 0. The molecule has 0 unspecified atom stereocenters. The van der Waals surface area contributed by atoms with Crippen molar-refractivity contribution in [3.63, 3.8) is 0 Å². The quantitative estimate of drug-likeness (QED) is 0.500. The number of benzene rings is 2. The van der Waals surface area contributed by atoms with Crippen LogP contribution in [-0.4, -0.2) is 8.42 Å². The van der Waals surface area contributed by atoms with Crippen molar-refractivity contribution in [2.75, 3.05) is 0 Å². The molecule has 19 heavy (non-hydrogen) atoms. The first-order valence-electron chi connectivity index (χ1n) is 5.45. The second kappa shape index (κ2) is 5.08. The van der Waals surface area contributed by atoms with E-state index in [2.05, 4.69) is 4.28 Å². The van der Waals surface area contributed by atoms with Gasteiger partial charge in [-0.05, 0) is 0 Å². The van der Waals surface area contributed by atoms with Crippen molar-refractivity contribution >= 4 is 21.7 Å². The van der Waals surface area contributed by atoms with Gasteiger partial charge in [0.1, 0.15) is 0 Å². The molecule has 0 spiro atoms. The summed E-state index contributed by atoms with van der Waals surface area (Å²) in [5, 5.41) is 0. The Kier molecular flexibility index (Phi) is 3.65. The summed E-state index contributed by atoms with van der Waals surface area (Å²) in [6, 6.07) is 16.6. The van der Waals surface area contributed by atoms with Crippen molar-refractivity contribution in [3.8, 4) is 0 Å². The molecule has 7 heteroatoms. The largest absolute Gasteiger partial charge is 0.480 e. The molecule has 0 aromatic heterocycles. The maximum atomic E-state index is 12.1. The second-order valence-corrected chi connectivity index (χ2v) is 5.48. The molecule has 0 aliphatic heterocycles. The first-order chi connectivity index (χ1) is 9.02.